The molecule has 1 aliphatic heterocycles. The molecular formula is C10H16N4O. The monoisotopic (exact) mass is 208 g/mol. The SMILES string of the molecule is Cc1[nH]ncc1NC(=O)C1CCCNC1. The molecular weight excluding hydrogens is 192 g/mol. The molecule has 2 rings (SSSR count). The second-order valence-corrected chi connectivity index (χ2v) is 3.94. The second-order valence-electron chi connectivity index (χ2n) is 3.94. The number of H-pyrrole nitrogens is 1. The number of carbonyl (C=O) groups excluding carboxylic acids is 1. The number of rotatable bonds is 2. The zero-order chi connectivity index (χ0) is 10.7. The number of aryl methyl sites for hydroxylation is 1. The first-order valence-corrected chi connectivity index (χ1v) is 5.29. The fraction of sp³-hybridized carbons (Fsp3) is 0.600. The lowest BCUT2D eigenvalue weighted by molar-refractivity contribution is -0.120. The van der Waals surface area contributed by atoms with Crippen molar-refractivity contribution in [2.45, 2.75) is 19.8 Å². The van der Waals surface area contributed by atoms with Gasteiger partial charge in [0.05, 0.1) is 23.5 Å². The van der Waals surface area contributed by atoms with Gasteiger partial charge < -0.3 is 10.6 Å². The maximum absolute atomic E-state index is 11.8. The molecule has 1 aromatic rings. The molecule has 1 aromatic heterocycles. The molecule has 1 amide bonds. The first kappa shape index (κ1) is 10.2. The van der Waals surface area contributed by atoms with Gasteiger partial charge in [0.25, 0.3) is 0 Å². The van der Waals surface area contributed by atoms with E-state index in [1.165, 1.54) is 0 Å². The highest BCUT2D eigenvalue weighted by atomic mass is 16.1. The van der Waals surface area contributed by atoms with E-state index in [1.54, 1.807) is 6.20 Å². The van der Waals surface area contributed by atoms with Gasteiger partial charge in [0, 0.05) is 6.54 Å². The minimum atomic E-state index is 0.0895. The maximum atomic E-state index is 11.8. The second kappa shape index (κ2) is 4.44. The number of amides is 1. The Balaban J connectivity index is 1.94. The summed E-state index contributed by atoms with van der Waals surface area (Å²) in [6, 6.07) is 0. The van der Waals surface area contributed by atoms with E-state index in [0.29, 0.717) is 0 Å². The van der Waals surface area contributed by atoms with E-state index in [1.807, 2.05) is 6.92 Å². The summed E-state index contributed by atoms with van der Waals surface area (Å²) in [6.45, 7) is 3.69. The number of nitrogens with one attached hydrogen (secondary N) is 3. The van der Waals surface area contributed by atoms with E-state index >= 15 is 0 Å². The minimum absolute atomic E-state index is 0.0895. The highest BCUT2D eigenvalue weighted by molar-refractivity contribution is 5.93. The van der Waals surface area contributed by atoms with Crippen LogP contribution in [0, 0.1) is 12.8 Å². The number of hydrogen-bond donors (Lipinski definition) is 3. The van der Waals surface area contributed by atoms with Crippen LogP contribution < -0.4 is 10.6 Å². The summed E-state index contributed by atoms with van der Waals surface area (Å²) < 4.78 is 0. The van der Waals surface area contributed by atoms with Gasteiger partial charge in [-0.3, -0.25) is 9.89 Å². The smallest absolute Gasteiger partial charge is 0.228 e. The first-order chi connectivity index (χ1) is 7.27. The van der Waals surface area contributed by atoms with Crippen molar-refractivity contribution in [3.63, 3.8) is 0 Å². The van der Waals surface area contributed by atoms with Crippen LogP contribution in [0.3, 0.4) is 0 Å². The van der Waals surface area contributed by atoms with Crippen LogP contribution in [0.25, 0.3) is 0 Å². The largest absolute Gasteiger partial charge is 0.323 e. The lowest BCUT2D eigenvalue weighted by Gasteiger charge is -2.21. The summed E-state index contributed by atoms with van der Waals surface area (Å²) in [5.74, 6) is 0.180. The third-order valence-electron chi connectivity index (χ3n) is 2.76. The van der Waals surface area contributed by atoms with Crippen molar-refractivity contribution in [1.29, 1.82) is 0 Å². The molecule has 1 fully saturated rings. The molecule has 5 heteroatoms. The van der Waals surface area contributed by atoms with Crippen molar-refractivity contribution in [3.05, 3.63) is 11.9 Å². The Labute approximate surface area is 88.6 Å². The summed E-state index contributed by atoms with van der Waals surface area (Å²) in [7, 11) is 0. The molecule has 0 saturated carbocycles. The van der Waals surface area contributed by atoms with Gasteiger partial charge in [-0.2, -0.15) is 5.10 Å². The average molecular weight is 208 g/mol. The van der Waals surface area contributed by atoms with Crippen LogP contribution in [0.4, 0.5) is 5.69 Å². The Morgan fingerprint density at radius 3 is 3.13 bits per heavy atom. The van der Waals surface area contributed by atoms with Crippen LogP contribution in [0.1, 0.15) is 18.5 Å². The third kappa shape index (κ3) is 2.36. The fourth-order valence-corrected chi connectivity index (χ4v) is 1.79. The molecule has 0 bridgehead atoms. The molecule has 1 atom stereocenters. The van der Waals surface area contributed by atoms with E-state index in [2.05, 4.69) is 20.8 Å². The fourth-order valence-electron chi connectivity index (χ4n) is 1.79. The lowest BCUT2D eigenvalue weighted by atomic mass is 9.99. The van der Waals surface area contributed by atoms with Crippen LogP contribution >= 0.6 is 0 Å². The minimum Gasteiger partial charge on any atom is -0.323 e. The Morgan fingerprint density at radius 2 is 2.53 bits per heavy atom. The van der Waals surface area contributed by atoms with Crippen molar-refractivity contribution in [2.24, 2.45) is 5.92 Å². The first-order valence-electron chi connectivity index (χ1n) is 5.29. The molecule has 0 spiro atoms. The molecule has 15 heavy (non-hydrogen) atoms. The number of hydrogen-bond acceptors (Lipinski definition) is 3. The molecule has 0 aromatic carbocycles. The summed E-state index contributed by atoms with van der Waals surface area (Å²) in [5, 5.41) is 12.8. The molecule has 1 aliphatic rings. The lowest BCUT2D eigenvalue weighted by Crippen LogP contribution is -2.37. The predicted molar refractivity (Wildman–Crippen MR) is 57.5 cm³/mol. The van der Waals surface area contributed by atoms with Crippen LogP contribution in [0.2, 0.25) is 0 Å². The number of piperidine rings is 1. The van der Waals surface area contributed by atoms with Crippen molar-refractivity contribution in [1.82, 2.24) is 15.5 Å². The molecule has 82 valence electrons. The summed E-state index contributed by atoms with van der Waals surface area (Å²) in [5.41, 5.74) is 1.68. The van der Waals surface area contributed by atoms with Crippen molar-refractivity contribution in [3.8, 4) is 0 Å². The Morgan fingerprint density at radius 1 is 1.67 bits per heavy atom. The van der Waals surface area contributed by atoms with Gasteiger partial charge in [0.1, 0.15) is 0 Å². The highest BCUT2D eigenvalue weighted by Gasteiger charge is 2.21. The van der Waals surface area contributed by atoms with E-state index in [9.17, 15) is 4.79 Å². The highest BCUT2D eigenvalue weighted by Crippen LogP contribution is 2.15. The predicted octanol–water partition coefficient (Wildman–Crippen LogP) is 0.656. The van der Waals surface area contributed by atoms with E-state index < -0.39 is 0 Å². The van der Waals surface area contributed by atoms with Crippen LogP contribution in [0.5, 0.6) is 0 Å². The molecule has 2 heterocycles. The molecule has 5 nitrogen and oxygen atoms in total. The molecule has 1 saturated heterocycles. The zero-order valence-electron chi connectivity index (χ0n) is 8.84. The van der Waals surface area contributed by atoms with Gasteiger partial charge >= 0.3 is 0 Å². The quantitative estimate of drug-likeness (QED) is 0.668. The number of nitrogens with zero attached hydrogens (tertiary/aromatic N) is 1. The maximum Gasteiger partial charge on any atom is 0.228 e. The third-order valence-corrected chi connectivity index (χ3v) is 2.76. The van der Waals surface area contributed by atoms with E-state index in [-0.39, 0.29) is 11.8 Å². The normalized spacial score (nSPS) is 21.3. The zero-order valence-corrected chi connectivity index (χ0v) is 8.84. The van der Waals surface area contributed by atoms with E-state index in [0.717, 1.165) is 37.3 Å². The van der Waals surface area contributed by atoms with Gasteiger partial charge in [0.2, 0.25) is 5.91 Å². The number of anilines is 1. The number of aromatic amines is 1. The topological polar surface area (TPSA) is 69.8 Å². The summed E-state index contributed by atoms with van der Waals surface area (Å²) in [4.78, 5) is 11.8. The van der Waals surface area contributed by atoms with Gasteiger partial charge in [-0.15, -0.1) is 0 Å². The van der Waals surface area contributed by atoms with Crippen molar-refractivity contribution in [2.75, 3.05) is 18.4 Å². The number of carbonyl (C=O) groups is 1. The van der Waals surface area contributed by atoms with Gasteiger partial charge in [-0.1, -0.05) is 0 Å². The average Bonchev–Trinajstić information content (AvgIpc) is 2.66. The molecule has 0 aliphatic carbocycles. The molecule has 3 N–H and O–H groups in total. The number of aromatic nitrogens is 2. The van der Waals surface area contributed by atoms with E-state index in [4.69, 9.17) is 0 Å². The van der Waals surface area contributed by atoms with Crippen molar-refractivity contribution >= 4 is 11.6 Å². The molecule has 0 radical (unpaired) electrons. The Bertz CT molecular complexity index is 341. The van der Waals surface area contributed by atoms with Gasteiger partial charge in [0.15, 0.2) is 0 Å². The molecule has 1 unspecified atom stereocenters. The Hall–Kier alpha value is -1.36. The van der Waals surface area contributed by atoms with Crippen LogP contribution in [-0.2, 0) is 4.79 Å². The van der Waals surface area contributed by atoms with Gasteiger partial charge in [-0.25, -0.2) is 0 Å². The Kier molecular flexibility index (Phi) is 3.01. The van der Waals surface area contributed by atoms with Crippen LogP contribution in [0.15, 0.2) is 6.20 Å². The summed E-state index contributed by atoms with van der Waals surface area (Å²) in [6.07, 6.45) is 3.68. The standard InChI is InChI=1S/C10H16N4O/c1-7-9(6-12-14-7)13-10(15)8-3-2-4-11-5-8/h6,8,11H,2-5H2,1H3,(H,12,14)(H,13,15). The van der Waals surface area contributed by atoms with Gasteiger partial charge in [-0.05, 0) is 26.3 Å². The summed E-state index contributed by atoms with van der Waals surface area (Å²) >= 11 is 0. The van der Waals surface area contributed by atoms with Crippen LogP contribution in [-0.4, -0.2) is 29.2 Å². The van der Waals surface area contributed by atoms with Crippen molar-refractivity contribution < 1.29 is 4.79 Å².